The molecule has 0 radical (unpaired) electrons. The maximum absolute atomic E-state index is 11.9. The summed E-state index contributed by atoms with van der Waals surface area (Å²) in [6.45, 7) is 3.77. The van der Waals surface area contributed by atoms with E-state index in [0.29, 0.717) is 6.42 Å². The van der Waals surface area contributed by atoms with Gasteiger partial charge in [-0.2, -0.15) is 0 Å². The van der Waals surface area contributed by atoms with E-state index in [1.165, 1.54) is 11.1 Å². The molecular formula is C20H24N2O2. The molecule has 0 aliphatic carbocycles. The van der Waals surface area contributed by atoms with Crippen molar-refractivity contribution in [1.82, 2.24) is 5.32 Å². The molecule has 1 aliphatic heterocycles. The predicted molar refractivity (Wildman–Crippen MR) is 96.3 cm³/mol. The summed E-state index contributed by atoms with van der Waals surface area (Å²) in [5.41, 5.74) is 3.42. The summed E-state index contributed by atoms with van der Waals surface area (Å²) < 4.78 is 5.18. The van der Waals surface area contributed by atoms with Crippen LogP contribution >= 0.6 is 0 Å². The Hall–Kier alpha value is -2.33. The Morgan fingerprint density at radius 1 is 1.21 bits per heavy atom. The first-order valence-corrected chi connectivity index (χ1v) is 8.44. The summed E-state index contributed by atoms with van der Waals surface area (Å²) in [4.78, 5) is 13.8. The lowest BCUT2D eigenvalue weighted by Gasteiger charge is -2.19. The van der Waals surface area contributed by atoms with Crippen molar-refractivity contribution >= 4 is 11.6 Å². The number of hydrogen-bond donors (Lipinski definition) is 1. The van der Waals surface area contributed by atoms with E-state index in [1.54, 1.807) is 7.11 Å². The third-order valence-corrected chi connectivity index (χ3v) is 4.53. The average Bonchev–Trinajstić information content (AvgIpc) is 3.06. The molecule has 1 atom stereocenters. The van der Waals surface area contributed by atoms with E-state index in [2.05, 4.69) is 36.5 Å². The normalized spacial score (nSPS) is 15.6. The number of benzene rings is 2. The van der Waals surface area contributed by atoms with E-state index >= 15 is 0 Å². The van der Waals surface area contributed by atoms with E-state index < -0.39 is 0 Å². The molecule has 1 aliphatic rings. The molecule has 1 heterocycles. The summed E-state index contributed by atoms with van der Waals surface area (Å²) in [5, 5.41) is 3.54. The molecule has 0 aromatic heterocycles. The van der Waals surface area contributed by atoms with Crippen LogP contribution in [0.15, 0.2) is 48.5 Å². The van der Waals surface area contributed by atoms with Crippen molar-refractivity contribution in [1.29, 1.82) is 0 Å². The summed E-state index contributed by atoms with van der Waals surface area (Å²) >= 11 is 0. The minimum Gasteiger partial charge on any atom is -0.497 e. The lowest BCUT2D eigenvalue weighted by Crippen LogP contribution is -2.24. The van der Waals surface area contributed by atoms with Crippen LogP contribution in [0.2, 0.25) is 0 Å². The van der Waals surface area contributed by atoms with Crippen molar-refractivity contribution in [3.8, 4) is 5.75 Å². The monoisotopic (exact) mass is 324 g/mol. The second-order valence-electron chi connectivity index (χ2n) is 6.19. The fraction of sp³-hybridized carbons (Fsp3) is 0.350. The summed E-state index contributed by atoms with van der Waals surface area (Å²) in [7, 11) is 1.67. The number of carbonyl (C=O) groups is 1. The van der Waals surface area contributed by atoms with Gasteiger partial charge in [0.05, 0.1) is 7.11 Å². The first kappa shape index (κ1) is 16.5. The third kappa shape index (κ3) is 3.77. The number of carbonyl (C=O) groups excluding carboxylic acids is 1. The van der Waals surface area contributed by atoms with Gasteiger partial charge in [0, 0.05) is 31.2 Å². The van der Waals surface area contributed by atoms with E-state index in [4.69, 9.17) is 4.74 Å². The summed E-state index contributed by atoms with van der Waals surface area (Å²) in [6, 6.07) is 16.6. The van der Waals surface area contributed by atoms with Crippen molar-refractivity contribution < 1.29 is 9.53 Å². The van der Waals surface area contributed by atoms with Crippen molar-refractivity contribution in [2.45, 2.75) is 32.4 Å². The molecule has 3 rings (SSSR count). The molecule has 4 nitrogen and oxygen atoms in total. The van der Waals surface area contributed by atoms with E-state index in [1.807, 2.05) is 29.2 Å². The van der Waals surface area contributed by atoms with Gasteiger partial charge in [-0.25, -0.2) is 0 Å². The first-order valence-electron chi connectivity index (χ1n) is 8.44. The zero-order valence-corrected chi connectivity index (χ0v) is 14.3. The van der Waals surface area contributed by atoms with Gasteiger partial charge in [0.2, 0.25) is 5.91 Å². The maximum atomic E-state index is 11.9. The van der Waals surface area contributed by atoms with Crippen LogP contribution in [0.1, 0.15) is 36.9 Å². The molecule has 1 amide bonds. The molecule has 1 fully saturated rings. The van der Waals surface area contributed by atoms with Crippen LogP contribution in [-0.4, -0.2) is 19.6 Å². The van der Waals surface area contributed by atoms with Crippen LogP contribution in [0, 0.1) is 0 Å². The van der Waals surface area contributed by atoms with Gasteiger partial charge in [-0.1, -0.05) is 24.3 Å². The van der Waals surface area contributed by atoms with Crippen LogP contribution in [0.25, 0.3) is 0 Å². The van der Waals surface area contributed by atoms with Gasteiger partial charge in [-0.3, -0.25) is 4.79 Å². The topological polar surface area (TPSA) is 41.6 Å². The number of ether oxygens (including phenoxy) is 1. The smallest absolute Gasteiger partial charge is 0.227 e. The fourth-order valence-electron chi connectivity index (χ4n) is 3.02. The highest BCUT2D eigenvalue weighted by atomic mass is 16.5. The first-order chi connectivity index (χ1) is 11.7. The van der Waals surface area contributed by atoms with E-state index in [0.717, 1.165) is 30.9 Å². The lowest BCUT2D eigenvalue weighted by molar-refractivity contribution is -0.117. The van der Waals surface area contributed by atoms with Crippen LogP contribution < -0.4 is 15.0 Å². The minimum atomic E-state index is 0.213. The Balaban J connectivity index is 1.64. The molecule has 0 spiro atoms. The van der Waals surface area contributed by atoms with Crippen LogP contribution in [0.5, 0.6) is 5.75 Å². The minimum absolute atomic E-state index is 0.213. The van der Waals surface area contributed by atoms with Crippen molar-refractivity contribution in [2.24, 2.45) is 0 Å². The van der Waals surface area contributed by atoms with Gasteiger partial charge in [0.1, 0.15) is 5.75 Å². The van der Waals surface area contributed by atoms with Gasteiger partial charge in [-0.05, 0) is 48.7 Å². The molecule has 126 valence electrons. The molecule has 1 saturated heterocycles. The number of nitrogens with zero attached hydrogens (tertiary/aromatic N) is 1. The zero-order valence-electron chi connectivity index (χ0n) is 14.3. The molecule has 4 heteroatoms. The van der Waals surface area contributed by atoms with Crippen LogP contribution in [0.3, 0.4) is 0 Å². The van der Waals surface area contributed by atoms with Gasteiger partial charge in [0.15, 0.2) is 0 Å². The van der Waals surface area contributed by atoms with Crippen LogP contribution in [0.4, 0.5) is 5.69 Å². The molecule has 24 heavy (non-hydrogen) atoms. The molecule has 0 saturated carbocycles. The quantitative estimate of drug-likeness (QED) is 0.881. The highest BCUT2D eigenvalue weighted by Gasteiger charge is 2.22. The predicted octanol–water partition coefficient (Wildman–Crippen LogP) is 3.67. The van der Waals surface area contributed by atoms with Crippen molar-refractivity contribution in [3.05, 3.63) is 59.7 Å². The standard InChI is InChI=1S/C20H24N2O2/c1-15(21-14-16-8-10-19(24-2)11-9-16)17-5-3-6-18(13-17)22-12-4-7-20(22)23/h3,5-6,8-11,13,15,21H,4,7,12,14H2,1-2H3/t15-/m0/s1. The molecule has 2 aromatic rings. The number of hydrogen-bond acceptors (Lipinski definition) is 3. The Morgan fingerprint density at radius 3 is 2.67 bits per heavy atom. The summed E-state index contributed by atoms with van der Waals surface area (Å²) in [5.74, 6) is 1.10. The van der Waals surface area contributed by atoms with E-state index in [-0.39, 0.29) is 11.9 Å². The molecule has 1 N–H and O–H groups in total. The Bertz CT molecular complexity index is 697. The van der Waals surface area contributed by atoms with E-state index in [9.17, 15) is 4.79 Å². The molecule has 0 bridgehead atoms. The Kier molecular flexibility index (Phi) is 5.16. The maximum Gasteiger partial charge on any atom is 0.227 e. The number of anilines is 1. The second-order valence-corrected chi connectivity index (χ2v) is 6.19. The number of rotatable bonds is 6. The van der Waals surface area contributed by atoms with Gasteiger partial charge >= 0.3 is 0 Å². The largest absolute Gasteiger partial charge is 0.497 e. The average molecular weight is 324 g/mol. The van der Waals surface area contributed by atoms with Crippen LogP contribution in [-0.2, 0) is 11.3 Å². The fourth-order valence-corrected chi connectivity index (χ4v) is 3.02. The second kappa shape index (κ2) is 7.49. The van der Waals surface area contributed by atoms with Gasteiger partial charge in [-0.15, -0.1) is 0 Å². The lowest BCUT2D eigenvalue weighted by atomic mass is 10.1. The highest BCUT2D eigenvalue weighted by molar-refractivity contribution is 5.95. The Morgan fingerprint density at radius 2 is 2.00 bits per heavy atom. The van der Waals surface area contributed by atoms with Gasteiger partial charge < -0.3 is 15.0 Å². The highest BCUT2D eigenvalue weighted by Crippen LogP contribution is 2.25. The number of amides is 1. The number of nitrogens with one attached hydrogen (secondary N) is 1. The molecule has 2 aromatic carbocycles. The molecule has 0 unspecified atom stereocenters. The zero-order chi connectivity index (χ0) is 16.9. The third-order valence-electron chi connectivity index (χ3n) is 4.53. The Labute approximate surface area is 143 Å². The van der Waals surface area contributed by atoms with Crippen molar-refractivity contribution in [3.63, 3.8) is 0 Å². The van der Waals surface area contributed by atoms with Gasteiger partial charge in [0.25, 0.3) is 0 Å². The van der Waals surface area contributed by atoms with Crippen molar-refractivity contribution in [2.75, 3.05) is 18.6 Å². The molecular weight excluding hydrogens is 300 g/mol. The summed E-state index contributed by atoms with van der Waals surface area (Å²) in [6.07, 6.45) is 1.61. The number of methoxy groups -OCH3 is 1. The SMILES string of the molecule is COc1ccc(CN[C@@H](C)c2cccc(N3CCCC3=O)c2)cc1.